The van der Waals surface area contributed by atoms with Gasteiger partial charge in [-0.25, -0.2) is 13.1 Å². The molecule has 0 fully saturated rings. The third kappa shape index (κ3) is 6.82. The van der Waals surface area contributed by atoms with Crippen LogP contribution in [-0.2, 0) is 16.6 Å². The lowest BCUT2D eigenvalue weighted by molar-refractivity contribution is 0.365. The summed E-state index contributed by atoms with van der Waals surface area (Å²) in [5.41, 5.74) is 0.983. The Kier molecular flexibility index (Phi) is 6.36. The quantitative estimate of drug-likeness (QED) is 0.533. The van der Waals surface area contributed by atoms with Crippen molar-refractivity contribution in [3.05, 3.63) is 29.8 Å². The Labute approximate surface area is 114 Å². The van der Waals surface area contributed by atoms with Gasteiger partial charge < -0.3 is 10.1 Å². The van der Waals surface area contributed by atoms with Crippen LogP contribution in [0.4, 0.5) is 0 Å². The Balaban J connectivity index is 2.38. The van der Waals surface area contributed by atoms with Gasteiger partial charge in [-0.3, -0.25) is 0 Å². The number of benzene rings is 1. The number of rotatable bonds is 8. The summed E-state index contributed by atoms with van der Waals surface area (Å²) in [4.78, 5) is 0. The molecule has 2 N–H and O–H groups in total. The zero-order chi connectivity index (χ0) is 14.1. The maximum Gasteiger partial charge on any atom is 0.208 e. The lowest BCUT2D eigenvalue weighted by Gasteiger charge is -2.10. The molecule has 5 nitrogen and oxygen atoms in total. The third-order valence-corrected chi connectivity index (χ3v) is 2.99. The van der Waals surface area contributed by atoms with E-state index in [1.807, 2.05) is 24.3 Å². The lowest BCUT2D eigenvalue weighted by Crippen LogP contribution is -2.30. The molecule has 1 aromatic rings. The van der Waals surface area contributed by atoms with Crippen molar-refractivity contribution in [1.29, 1.82) is 0 Å². The van der Waals surface area contributed by atoms with E-state index in [0.29, 0.717) is 19.6 Å². The largest absolute Gasteiger partial charge is 0.481 e. The highest BCUT2D eigenvalue weighted by Gasteiger charge is 2.02. The van der Waals surface area contributed by atoms with E-state index in [1.165, 1.54) is 0 Å². The van der Waals surface area contributed by atoms with Crippen LogP contribution in [-0.4, -0.2) is 34.4 Å². The van der Waals surface area contributed by atoms with Crippen LogP contribution >= 0.6 is 0 Å². The van der Waals surface area contributed by atoms with Gasteiger partial charge >= 0.3 is 0 Å². The zero-order valence-electron chi connectivity index (χ0n) is 10.8. The molecule has 0 aliphatic carbocycles. The predicted molar refractivity (Wildman–Crippen MR) is 75.3 cm³/mol. The number of nitrogens with one attached hydrogen (secondary N) is 2. The zero-order valence-corrected chi connectivity index (χ0v) is 11.7. The van der Waals surface area contributed by atoms with Gasteiger partial charge in [-0.1, -0.05) is 24.1 Å². The lowest BCUT2D eigenvalue weighted by atomic mass is 10.2. The van der Waals surface area contributed by atoms with Crippen molar-refractivity contribution in [2.45, 2.75) is 6.54 Å². The molecule has 0 heterocycles. The molecule has 0 unspecified atom stereocenters. The van der Waals surface area contributed by atoms with Crippen molar-refractivity contribution >= 4 is 10.0 Å². The summed E-state index contributed by atoms with van der Waals surface area (Å²) in [5, 5.41) is 3.13. The number of sulfonamides is 1. The minimum atomic E-state index is -3.13. The second kappa shape index (κ2) is 7.79. The molecule has 0 atom stereocenters. The molecule has 0 saturated carbocycles. The van der Waals surface area contributed by atoms with Crippen LogP contribution in [0, 0.1) is 12.3 Å². The summed E-state index contributed by atoms with van der Waals surface area (Å²) in [6, 6.07) is 7.57. The van der Waals surface area contributed by atoms with Crippen molar-refractivity contribution in [3.8, 4) is 18.1 Å². The minimum absolute atomic E-state index is 0.229. The SMILES string of the molecule is C#CCOc1ccccc1CNCCNS(C)(=O)=O. The van der Waals surface area contributed by atoms with Gasteiger partial charge in [0.05, 0.1) is 6.26 Å². The van der Waals surface area contributed by atoms with Crippen molar-refractivity contribution in [2.75, 3.05) is 26.0 Å². The van der Waals surface area contributed by atoms with Gasteiger partial charge in [0, 0.05) is 25.2 Å². The van der Waals surface area contributed by atoms with Gasteiger partial charge in [-0.2, -0.15) is 0 Å². The second-order valence-corrected chi connectivity index (χ2v) is 5.78. The molecule has 1 aromatic carbocycles. The summed E-state index contributed by atoms with van der Waals surface area (Å²) in [6.45, 7) is 1.71. The molecule has 1 rings (SSSR count). The molecular weight excluding hydrogens is 264 g/mol. The molecule has 0 radical (unpaired) electrons. The molecule has 0 aliphatic rings. The Morgan fingerprint density at radius 3 is 2.74 bits per heavy atom. The summed E-state index contributed by atoms with van der Waals surface area (Å²) in [6.07, 6.45) is 6.29. The monoisotopic (exact) mass is 282 g/mol. The van der Waals surface area contributed by atoms with Crippen LogP contribution in [0.1, 0.15) is 5.56 Å². The van der Waals surface area contributed by atoms with Crippen LogP contribution in [0.3, 0.4) is 0 Å². The number of hydrogen-bond acceptors (Lipinski definition) is 4. The van der Waals surface area contributed by atoms with E-state index in [2.05, 4.69) is 16.0 Å². The van der Waals surface area contributed by atoms with Crippen LogP contribution < -0.4 is 14.8 Å². The fourth-order valence-electron chi connectivity index (χ4n) is 1.46. The van der Waals surface area contributed by atoms with Crippen LogP contribution in [0.15, 0.2) is 24.3 Å². The molecule has 0 saturated heterocycles. The van der Waals surface area contributed by atoms with E-state index >= 15 is 0 Å². The smallest absolute Gasteiger partial charge is 0.208 e. The first-order chi connectivity index (χ1) is 9.03. The van der Waals surface area contributed by atoms with Crippen LogP contribution in [0.5, 0.6) is 5.75 Å². The molecule has 0 amide bonds. The number of terminal acetylenes is 1. The Hall–Kier alpha value is -1.55. The highest BCUT2D eigenvalue weighted by molar-refractivity contribution is 7.88. The highest BCUT2D eigenvalue weighted by atomic mass is 32.2. The normalized spacial score (nSPS) is 10.9. The maximum absolute atomic E-state index is 10.9. The molecule has 0 aromatic heterocycles. The molecule has 0 spiro atoms. The maximum atomic E-state index is 10.9. The van der Waals surface area contributed by atoms with E-state index in [-0.39, 0.29) is 6.61 Å². The summed E-state index contributed by atoms with van der Waals surface area (Å²) < 4.78 is 29.5. The van der Waals surface area contributed by atoms with Gasteiger partial charge in [0.2, 0.25) is 10.0 Å². The van der Waals surface area contributed by atoms with Crippen molar-refractivity contribution in [1.82, 2.24) is 10.0 Å². The number of hydrogen-bond donors (Lipinski definition) is 2. The van der Waals surface area contributed by atoms with Crippen LogP contribution in [0.25, 0.3) is 0 Å². The third-order valence-electron chi connectivity index (χ3n) is 2.27. The second-order valence-electron chi connectivity index (χ2n) is 3.94. The minimum Gasteiger partial charge on any atom is -0.481 e. The van der Waals surface area contributed by atoms with Gasteiger partial charge in [0.15, 0.2) is 0 Å². The molecule has 0 aliphatic heterocycles. The van der Waals surface area contributed by atoms with E-state index in [1.54, 1.807) is 0 Å². The summed E-state index contributed by atoms with van der Waals surface area (Å²) in [7, 11) is -3.13. The molecular formula is C13H18N2O3S. The molecule has 0 bridgehead atoms. The topological polar surface area (TPSA) is 67.4 Å². The van der Waals surface area contributed by atoms with E-state index < -0.39 is 10.0 Å². The van der Waals surface area contributed by atoms with Gasteiger partial charge in [-0.05, 0) is 6.07 Å². The average molecular weight is 282 g/mol. The van der Waals surface area contributed by atoms with Gasteiger partial charge in [0.25, 0.3) is 0 Å². The Bertz CT molecular complexity index is 535. The fourth-order valence-corrected chi connectivity index (χ4v) is 1.93. The summed E-state index contributed by atoms with van der Waals surface area (Å²) >= 11 is 0. The summed E-state index contributed by atoms with van der Waals surface area (Å²) in [5.74, 6) is 3.16. The van der Waals surface area contributed by atoms with Gasteiger partial charge in [-0.15, -0.1) is 6.42 Å². The van der Waals surface area contributed by atoms with Gasteiger partial charge in [0.1, 0.15) is 12.4 Å². The highest BCUT2D eigenvalue weighted by Crippen LogP contribution is 2.17. The van der Waals surface area contributed by atoms with E-state index in [0.717, 1.165) is 17.6 Å². The first-order valence-electron chi connectivity index (χ1n) is 5.82. The Morgan fingerprint density at radius 1 is 1.32 bits per heavy atom. The number of para-hydroxylation sites is 1. The van der Waals surface area contributed by atoms with E-state index in [4.69, 9.17) is 11.2 Å². The standard InChI is InChI=1S/C13H18N2O3S/c1-3-10-18-13-7-5-4-6-12(13)11-14-8-9-15-19(2,16)17/h1,4-7,14-15H,8-11H2,2H3. The van der Waals surface area contributed by atoms with E-state index in [9.17, 15) is 8.42 Å². The number of ether oxygens (including phenoxy) is 1. The molecule has 6 heteroatoms. The first kappa shape index (κ1) is 15.5. The Morgan fingerprint density at radius 2 is 2.05 bits per heavy atom. The van der Waals surface area contributed by atoms with Crippen molar-refractivity contribution in [2.24, 2.45) is 0 Å². The molecule has 19 heavy (non-hydrogen) atoms. The average Bonchev–Trinajstić information content (AvgIpc) is 2.36. The predicted octanol–water partition coefficient (Wildman–Crippen LogP) is 0.337. The molecule has 104 valence electrons. The van der Waals surface area contributed by atoms with Crippen molar-refractivity contribution < 1.29 is 13.2 Å². The fraction of sp³-hybridized carbons (Fsp3) is 0.385. The van der Waals surface area contributed by atoms with Crippen LogP contribution in [0.2, 0.25) is 0 Å². The van der Waals surface area contributed by atoms with Crippen molar-refractivity contribution in [3.63, 3.8) is 0 Å². The first-order valence-corrected chi connectivity index (χ1v) is 7.71.